The van der Waals surface area contributed by atoms with Gasteiger partial charge in [0, 0.05) is 20.3 Å². The van der Waals surface area contributed by atoms with Crippen molar-refractivity contribution in [2.45, 2.75) is 58.7 Å². The van der Waals surface area contributed by atoms with Crippen LogP contribution in [0, 0.1) is 0 Å². The first-order valence-corrected chi connectivity index (χ1v) is 7.60. The van der Waals surface area contributed by atoms with Crippen molar-refractivity contribution in [3.63, 3.8) is 0 Å². The third kappa shape index (κ3) is 4.30. The van der Waals surface area contributed by atoms with Gasteiger partial charge in [0.2, 0.25) is 0 Å². The topological polar surface area (TPSA) is 82.1 Å². The second kappa shape index (κ2) is 7.57. The molecule has 126 valence electrons. The zero-order valence-electron chi connectivity index (χ0n) is 13.6. The van der Waals surface area contributed by atoms with E-state index in [9.17, 15) is 14.7 Å². The molecule has 0 bridgehead atoms. The molecule has 1 heterocycles. The summed E-state index contributed by atoms with van der Waals surface area (Å²) in [6.07, 6.45) is -0.977. The first kappa shape index (κ1) is 17.4. The van der Waals surface area contributed by atoms with Crippen molar-refractivity contribution in [2.24, 2.45) is 0 Å². The lowest BCUT2D eigenvalue weighted by Gasteiger charge is -2.25. The fourth-order valence-electron chi connectivity index (χ4n) is 2.85. The van der Waals surface area contributed by atoms with Crippen LogP contribution in [-0.2, 0) is 37.0 Å². The molecule has 23 heavy (non-hydrogen) atoms. The van der Waals surface area contributed by atoms with Crippen LogP contribution >= 0.6 is 0 Å². The van der Waals surface area contributed by atoms with Crippen molar-refractivity contribution in [1.29, 1.82) is 0 Å². The third-order valence-corrected chi connectivity index (χ3v) is 3.90. The van der Waals surface area contributed by atoms with Gasteiger partial charge in [0.1, 0.15) is 12.2 Å². The lowest BCUT2D eigenvalue weighted by molar-refractivity contribution is -0.159. The van der Waals surface area contributed by atoms with Crippen molar-refractivity contribution in [2.75, 3.05) is 0 Å². The number of benzene rings is 1. The quantitative estimate of drug-likeness (QED) is 0.854. The first-order chi connectivity index (χ1) is 10.9. The third-order valence-electron chi connectivity index (χ3n) is 3.90. The molecule has 1 aliphatic heterocycles. The van der Waals surface area contributed by atoms with Crippen LogP contribution in [0.2, 0.25) is 0 Å². The van der Waals surface area contributed by atoms with E-state index in [4.69, 9.17) is 14.2 Å². The molecule has 1 aliphatic rings. The molecular weight excluding hydrogens is 300 g/mol. The van der Waals surface area contributed by atoms with Gasteiger partial charge in [0.25, 0.3) is 0 Å². The highest BCUT2D eigenvalue weighted by Gasteiger charge is 2.32. The summed E-state index contributed by atoms with van der Waals surface area (Å²) in [6.45, 7) is 4.59. The molecule has 6 nitrogen and oxygen atoms in total. The van der Waals surface area contributed by atoms with Crippen LogP contribution in [0.25, 0.3) is 0 Å². The number of esters is 2. The second-order valence-electron chi connectivity index (χ2n) is 5.64. The molecule has 0 fully saturated rings. The molecule has 0 amide bonds. The van der Waals surface area contributed by atoms with E-state index < -0.39 is 24.3 Å². The molecule has 6 heteroatoms. The zero-order chi connectivity index (χ0) is 17.0. The molecular formula is C17H22O6. The standard InChI is InChI=1S/C17H22O6/c1-10(22-11(2)19)16-7-17(23-12(3)20)14-6-4-5-13(8-18)15(14)9-21-16/h4-6,10,16-18H,7-9H2,1-3H3/t10-,16+,17+/m1/s1. The number of rotatable bonds is 4. The van der Waals surface area contributed by atoms with E-state index >= 15 is 0 Å². The SMILES string of the molecule is CC(=O)O[C@H]1C[C@@H]([C@@H](C)OC(C)=O)OCc2c(CO)cccc21. The smallest absolute Gasteiger partial charge is 0.303 e. The van der Waals surface area contributed by atoms with Gasteiger partial charge in [0.15, 0.2) is 0 Å². The highest BCUT2D eigenvalue weighted by atomic mass is 16.6. The van der Waals surface area contributed by atoms with E-state index in [1.165, 1.54) is 13.8 Å². The maximum Gasteiger partial charge on any atom is 0.303 e. The lowest BCUT2D eigenvalue weighted by Crippen LogP contribution is -2.31. The molecule has 1 aromatic carbocycles. The largest absolute Gasteiger partial charge is 0.460 e. The monoisotopic (exact) mass is 322 g/mol. The van der Waals surface area contributed by atoms with Crippen LogP contribution in [0.4, 0.5) is 0 Å². The van der Waals surface area contributed by atoms with Gasteiger partial charge >= 0.3 is 11.9 Å². The van der Waals surface area contributed by atoms with Crippen molar-refractivity contribution >= 4 is 11.9 Å². The van der Waals surface area contributed by atoms with Gasteiger partial charge in [0.05, 0.1) is 19.3 Å². The first-order valence-electron chi connectivity index (χ1n) is 7.60. The van der Waals surface area contributed by atoms with Crippen LogP contribution in [-0.4, -0.2) is 29.3 Å². The molecule has 0 aromatic heterocycles. The highest BCUT2D eigenvalue weighted by molar-refractivity contribution is 5.66. The van der Waals surface area contributed by atoms with Crippen molar-refractivity contribution in [3.05, 3.63) is 34.9 Å². The minimum atomic E-state index is -0.500. The molecule has 2 rings (SSSR count). The number of ether oxygens (including phenoxy) is 3. The Labute approximate surface area is 135 Å². The van der Waals surface area contributed by atoms with E-state index in [2.05, 4.69) is 0 Å². The number of hydrogen-bond donors (Lipinski definition) is 1. The molecule has 0 aliphatic carbocycles. The van der Waals surface area contributed by atoms with Crippen molar-refractivity contribution < 1.29 is 28.9 Å². The average molecular weight is 322 g/mol. The average Bonchev–Trinajstić information content (AvgIpc) is 2.66. The summed E-state index contributed by atoms with van der Waals surface area (Å²) in [5, 5.41) is 9.51. The number of carbonyl (C=O) groups excluding carboxylic acids is 2. The van der Waals surface area contributed by atoms with Crippen LogP contribution in [0.5, 0.6) is 0 Å². The minimum absolute atomic E-state index is 0.122. The van der Waals surface area contributed by atoms with E-state index in [1.54, 1.807) is 6.92 Å². The molecule has 1 N–H and O–H groups in total. The van der Waals surface area contributed by atoms with Gasteiger partial charge in [-0.15, -0.1) is 0 Å². The number of aliphatic hydroxyl groups is 1. The second-order valence-corrected chi connectivity index (χ2v) is 5.64. The van der Waals surface area contributed by atoms with Crippen LogP contribution in [0.3, 0.4) is 0 Å². The molecule has 0 saturated heterocycles. The predicted molar refractivity (Wildman–Crippen MR) is 81.3 cm³/mol. The van der Waals surface area contributed by atoms with Gasteiger partial charge in [-0.3, -0.25) is 9.59 Å². The molecule has 0 unspecified atom stereocenters. The number of aliphatic hydroxyl groups excluding tert-OH is 1. The maximum absolute atomic E-state index is 11.4. The highest BCUT2D eigenvalue weighted by Crippen LogP contribution is 2.34. The van der Waals surface area contributed by atoms with Gasteiger partial charge in [-0.25, -0.2) is 0 Å². The van der Waals surface area contributed by atoms with Gasteiger partial charge in [-0.2, -0.15) is 0 Å². The van der Waals surface area contributed by atoms with Crippen LogP contribution in [0.15, 0.2) is 18.2 Å². The fraction of sp³-hybridized carbons (Fsp3) is 0.529. The summed E-state index contributed by atoms with van der Waals surface area (Å²) in [6, 6.07) is 5.49. The fourth-order valence-corrected chi connectivity index (χ4v) is 2.85. The molecule has 1 aromatic rings. The summed E-state index contributed by atoms with van der Waals surface area (Å²) >= 11 is 0. The van der Waals surface area contributed by atoms with Crippen molar-refractivity contribution in [3.8, 4) is 0 Å². The van der Waals surface area contributed by atoms with Gasteiger partial charge < -0.3 is 19.3 Å². The van der Waals surface area contributed by atoms with E-state index in [0.717, 1.165) is 16.7 Å². The normalized spacial score (nSPS) is 21.7. The molecule has 0 saturated carbocycles. The molecule has 0 spiro atoms. The molecule has 3 atom stereocenters. The molecule has 0 radical (unpaired) electrons. The van der Waals surface area contributed by atoms with Crippen LogP contribution in [0.1, 0.15) is 50.0 Å². The summed E-state index contributed by atoms with van der Waals surface area (Å²) in [5.41, 5.74) is 2.38. The summed E-state index contributed by atoms with van der Waals surface area (Å²) in [5.74, 6) is -0.779. The Balaban J connectivity index is 2.32. The van der Waals surface area contributed by atoms with E-state index in [0.29, 0.717) is 6.42 Å². The van der Waals surface area contributed by atoms with Crippen molar-refractivity contribution in [1.82, 2.24) is 0 Å². The Hall–Kier alpha value is -1.92. The van der Waals surface area contributed by atoms with Gasteiger partial charge in [-0.05, 0) is 23.6 Å². The summed E-state index contributed by atoms with van der Waals surface area (Å²) in [4.78, 5) is 22.6. The summed E-state index contributed by atoms with van der Waals surface area (Å²) < 4.78 is 16.5. The Bertz CT molecular complexity index is 582. The zero-order valence-corrected chi connectivity index (χ0v) is 13.6. The summed E-state index contributed by atoms with van der Waals surface area (Å²) in [7, 11) is 0. The number of carbonyl (C=O) groups is 2. The van der Waals surface area contributed by atoms with E-state index in [-0.39, 0.29) is 19.2 Å². The van der Waals surface area contributed by atoms with E-state index in [1.807, 2.05) is 18.2 Å². The van der Waals surface area contributed by atoms with Crippen LogP contribution < -0.4 is 0 Å². The Morgan fingerprint density at radius 1 is 1.35 bits per heavy atom. The number of fused-ring (bicyclic) bond motifs is 1. The maximum atomic E-state index is 11.4. The van der Waals surface area contributed by atoms with Gasteiger partial charge in [-0.1, -0.05) is 18.2 Å². The predicted octanol–water partition coefficient (Wildman–Crippen LogP) is 2.02. The number of hydrogen-bond acceptors (Lipinski definition) is 6. The Kier molecular flexibility index (Phi) is 5.74. The Morgan fingerprint density at radius 2 is 2.09 bits per heavy atom. The lowest BCUT2D eigenvalue weighted by atomic mass is 9.95. The Morgan fingerprint density at radius 3 is 2.70 bits per heavy atom. The minimum Gasteiger partial charge on any atom is -0.460 e.